The van der Waals surface area contributed by atoms with E-state index < -0.39 is 11.5 Å². The normalized spacial score (nSPS) is 29.6. The second kappa shape index (κ2) is 5.76. The van der Waals surface area contributed by atoms with E-state index in [0.717, 1.165) is 29.5 Å². The van der Waals surface area contributed by atoms with Gasteiger partial charge in [-0.15, -0.1) is 0 Å². The number of carbonyl (C=O) groups excluding carboxylic acids is 2. The largest absolute Gasteiger partial charge is 0.460 e. The number of ether oxygens (including phenoxy) is 1. The third-order valence-corrected chi connectivity index (χ3v) is 5.81. The molecule has 0 N–H and O–H groups in total. The van der Waals surface area contributed by atoms with Gasteiger partial charge in [0, 0.05) is 22.1 Å². The van der Waals surface area contributed by atoms with Crippen molar-refractivity contribution in [1.82, 2.24) is 0 Å². The molecule has 2 aliphatic rings. The van der Waals surface area contributed by atoms with Gasteiger partial charge in [0.05, 0.1) is 6.26 Å². The van der Waals surface area contributed by atoms with E-state index in [0.29, 0.717) is 11.3 Å². The second-order valence-corrected chi connectivity index (χ2v) is 7.13. The molecule has 1 aromatic rings. The van der Waals surface area contributed by atoms with Gasteiger partial charge < -0.3 is 9.15 Å². The predicted octanol–water partition coefficient (Wildman–Crippen LogP) is 4.70. The summed E-state index contributed by atoms with van der Waals surface area (Å²) in [4.78, 5) is 25.4. The van der Waals surface area contributed by atoms with Gasteiger partial charge >= 0.3 is 5.97 Å². The molecule has 3 atom stereocenters. The molecule has 0 bridgehead atoms. The first-order chi connectivity index (χ1) is 11.3. The number of hydrogen-bond donors (Lipinski definition) is 0. The molecule has 128 valence electrons. The molecular weight excluding hydrogens is 304 g/mol. The molecule has 0 unspecified atom stereocenters. The summed E-state index contributed by atoms with van der Waals surface area (Å²) in [6.07, 6.45) is 6.64. The Kier molecular flexibility index (Phi) is 4.02. The summed E-state index contributed by atoms with van der Waals surface area (Å²) < 4.78 is 11.5. The average molecular weight is 328 g/mol. The van der Waals surface area contributed by atoms with Crippen LogP contribution in [-0.2, 0) is 9.53 Å². The molecule has 2 aliphatic carbocycles. The van der Waals surface area contributed by atoms with Crippen LogP contribution in [0.2, 0.25) is 0 Å². The van der Waals surface area contributed by atoms with Gasteiger partial charge in [-0.3, -0.25) is 4.79 Å². The predicted molar refractivity (Wildman–Crippen MR) is 90.6 cm³/mol. The maximum atomic E-state index is 12.9. The molecular formula is C20H24O4. The van der Waals surface area contributed by atoms with Gasteiger partial charge in [0.15, 0.2) is 5.76 Å². The lowest BCUT2D eigenvalue weighted by atomic mass is 9.58. The Morgan fingerprint density at radius 2 is 2.17 bits per heavy atom. The van der Waals surface area contributed by atoms with Crippen molar-refractivity contribution in [2.75, 3.05) is 0 Å². The second-order valence-electron chi connectivity index (χ2n) is 7.13. The van der Waals surface area contributed by atoms with Crippen LogP contribution in [0.15, 0.2) is 34.0 Å². The highest BCUT2D eigenvalue weighted by atomic mass is 16.5. The summed E-state index contributed by atoms with van der Waals surface area (Å²) in [5.41, 5.74) is 2.34. The Morgan fingerprint density at radius 3 is 2.83 bits per heavy atom. The van der Waals surface area contributed by atoms with Gasteiger partial charge in [0.1, 0.15) is 6.10 Å². The number of carbonyl (C=O) groups is 2. The zero-order valence-electron chi connectivity index (χ0n) is 14.9. The van der Waals surface area contributed by atoms with Gasteiger partial charge in [-0.2, -0.15) is 0 Å². The Bertz CT molecular complexity index is 765. The van der Waals surface area contributed by atoms with Crippen LogP contribution >= 0.6 is 0 Å². The molecule has 0 saturated carbocycles. The van der Waals surface area contributed by atoms with E-state index in [2.05, 4.69) is 6.92 Å². The lowest BCUT2D eigenvalue weighted by Gasteiger charge is -2.47. The molecule has 1 heterocycles. The SMILES string of the molecule is C/C=C(/C)C(=O)O[C@@H]1c2c(C)coc2C(=O)C2=CCC[C@H](C)[C@]21C. The van der Waals surface area contributed by atoms with Crippen LogP contribution in [-0.4, -0.2) is 11.8 Å². The number of furan rings is 1. The zero-order valence-corrected chi connectivity index (χ0v) is 14.9. The molecule has 0 fully saturated rings. The van der Waals surface area contributed by atoms with Crippen LogP contribution in [0.25, 0.3) is 0 Å². The summed E-state index contributed by atoms with van der Waals surface area (Å²) >= 11 is 0. The number of allylic oxidation sites excluding steroid dienone is 2. The van der Waals surface area contributed by atoms with Crippen LogP contribution in [0.4, 0.5) is 0 Å². The maximum absolute atomic E-state index is 12.9. The number of hydrogen-bond acceptors (Lipinski definition) is 4. The molecule has 4 nitrogen and oxygen atoms in total. The van der Waals surface area contributed by atoms with Crippen LogP contribution in [0, 0.1) is 18.3 Å². The zero-order chi connectivity index (χ0) is 17.6. The van der Waals surface area contributed by atoms with Gasteiger partial charge in [0.2, 0.25) is 5.78 Å². The van der Waals surface area contributed by atoms with E-state index in [1.54, 1.807) is 19.3 Å². The highest BCUT2D eigenvalue weighted by molar-refractivity contribution is 6.10. The summed E-state index contributed by atoms with van der Waals surface area (Å²) in [6, 6.07) is 0. The number of fused-ring (bicyclic) bond motifs is 2. The Hall–Kier alpha value is -2.10. The molecule has 0 radical (unpaired) electrons. The number of Topliss-reactive ketones (excluding diaryl/α,β-unsaturated/α-hetero) is 1. The van der Waals surface area contributed by atoms with Gasteiger partial charge in [-0.1, -0.05) is 26.0 Å². The molecule has 4 heteroatoms. The van der Waals surface area contributed by atoms with Crippen LogP contribution < -0.4 is 0 Å². The number of ketones is 1. The number of esters is 1. The van der Waals surface area contributed by atoms with Crippen molar-refractivity contribution in [1.29, 1.82) is 0 Å². The van der Waals surface area contributed by atoms with E-state index >= 15 is 0 Å². The minimum absolute atomic E-state index is 0.0674. The van der Waals surface area contributed by atoms with Crippen molar-refractivity contribution in [2.45, 2.75) is 53.6 Å². The smallest absolute Gasteiger partial charge is 0.334 e. The highest BCUT2D eigenvalue weighted by Gasteiger charge is 2.55. The summed E-state index contributed by atoms with van der Waals surface area (Å²) in [5.74, 6) is 0.137. The molecule has 24 heavy (non-hydrogen) atoms. The quantitative estimate of drug-likeness (QED) is 0.583. The van der Waals surface area contributed by atoms with Crippen molar-refractivity contribution in [3.05, 3.63) is 46.4 Å². The van der Waals surface area contributed by atoms with Crippen LogP contribution in [0.1, 0.15) is 68.3 Å². The molecule has 0 aliphatic heterocycles. The summed E-state index contributed by atoms with van der Waals surface area (Å²) in [6.45, 7) is 9.61. The van der Waals surface area contributed by atoms with Crippen molar-refractivity contribution >= 4 is 11.8 Å². The fourth-order valence-corrected chi connectivity index (χ4v) is 3.88. The molecule has 3 rings (SSSR count). The molecule has 0 aromatic carbocycles. The fraction of sp³-hybridized carbons (Fsp3) is 0.500. The van der Waals surface area contributed by atoms with Gasteiger partial charge in [0.25, 0.3) is 0 Å². The van der Waals surface area contributed by atoms with Crippen molar-refractivity contribution in [3.8, 4) is 0 Å². The van der Waals surface area contributed by atoms with Crippen molar-refractivity contribution in [3.63, 3.8) is 0 Å². The lowest BCUT2D eigenvalue weighted by molar-refractivity contribution is -0.153. The molecule has 0 spiro atoms. The van der Waals surface area contributed by atoms with E-state index in [9.17, 15) is 9.59 Å². The number of aryl methyl sites for hydroxylation is 1. The Labute approximate surface area is 142 Å². The first-order valence-corrected chi connectivity index (χ1v) is 8.49. The van der Waals surface area contributed by atoms with Gasteiger partial charge in [-0.05, 0) is 45.1 Å². The van der Waals surface area contributed by atoms with E-state index in [1.807, 2.05) is 26.8 Å². The van der Waals surface area contributed by atoms with Crippen molar-refractivity contribution in [2.24, 2.45) is 11.3 Å². The Morgan fingerprint density at radius 1 is 1.46 bits per heavy atom. The molecule has 0 saturated heterocycles. The van der Waals surface area contributed by atoms with E-state index in [4.69, 9.17) is 9.15 Å². The van der Waals surface area contributed by atoms with Crippen LogP contribution in [0.5, 0.6) is 0 Å². The first kappa shape index (κ1) is 16.7. The summed E-state index contributed by atoms with van der Waals surface area (Å²) in [7, 11) is 0. The monoisotopic (exact) mass is 328 g/mol. The average Bonchev–Trinajstić information content (AvgIpc) is 2.94. The summed E-state index contributed by atoms with van der Waals surface area (Å²) in [5, 5.41) is 0. The standard InChI is InChI=1S/C20H24O4/c1-6-11(2)19(22)24-18-15-12(3)10-23-17(15)16(21)14-9-7-8-13(4)20(14,18)5/h6,9-10,13,18H,7-8H2,1-5H3/b11-6-/t13-,18+,20+/m0/s1. The Balaban J connectivity index is 2.18. The fourth-order valence-electron chi connectivity index (χ4n) is 3.88. The van der Waals surface area contributed by atoms with E-state index in [1.165, 1.54) is 0 Å². The van der Waals surface area contributed by atoms with Gasteiger partial charge in [-0.25, -0.2) is 4.79 Å². The van der Waals surface area contributed by atoms with Crippen molar-refractivity contribution < 1.29 is 18.7 Å². The number of rotatable bonds is 2. The maximum Gasteiger partial charge on any atom is 0.334 e. The van der Waals surface area contributed by atoms with Crippen LogP contribution in [0.3, 0.4) is 0 Å². The third-order valence-electron chi connectivity index (χ3n) is 5.81. The first-order valence-electron chi connectivity index (χ1n) is 8.49. The van der Waals surface area contributed by atoms with E-state index in [-0.39, 0.29) is 17.7 Å². The highest BCUT2D eigenvalue weighted by Crippen LogP contribution is 2.57. The lowest BCUT2D eigenvalue weighted by Crippen LogP contribution is -2.45. The minimum Gasteiger partial charge on any atom is -0.460 e. The minimum atomic E-state index is -0.527. The molecule has 1 aromatic heterocycles. The topological polar surface area (TPSA) is 56.5 Å². The molecule has 0 amide bonds. The third kappa shape index (κ3) is 2.20.